The molecule has 0 unspecified atom stereocenters. The SMILES string of the molecule is Nc1nccnc1SCC(=O)NC(=O)NC1CCCC1. The number of nitrogens with one attached hydrogen (secondary N) is 2. The number of nitrogens with zero attached hydrogens (tertiary/aromatic N) is 2. The van der Waals surface area contributed by atoms with Crippen LogP contribution in [0, 0.1) is 0 Å². The smallest absolute Gasteiger partial charge is 0.321 e. The molecule has 1 heterocycles. The Balaban J connectivity index is 1.72. The number of nitrogens with two attached hydrogens (primary N) is 1. The van der Waals surface area contributed by atoms with E-state index in [9.17, 15) is 9.59 Å². The molecule has 7 nitrogen and oxygen atoms in total. The lowest BCUT2D eigenvalue weighted by Crippen LogP contribution is -2.44. The molecular weight excluding hydrogens is 278 g/mol. The van der Waals surface area contributed by atoms with Crippen molar-refractivity contribution < 1.29 is 9.59 Å². The Morgan fingerprint density at radius 2 is 2.00 bits per heavy atom. The van der Waals surface area contributed by atoms with Crippen molar-refractivity contribution in [2.24, 2.45) is 0 Å². The summed E-state index contributed by atoms with van der Waals surface area (Å²) in [5.74, 6) is -0.0303. The number of aromatic nitrogens is 2. The summed E-state index contributed by atoms with van der Waals surface area (Å²) in [6, 6.07) is -0.249. The molecule has 0 aliphatic heterocycles. The van der Waals surface area contributed by atoms with Gasteiger partial charge in [-0.3, -0.25) is 10.1 Å². The van der Waals surface area contributed by atoms with Gasteiger partial charge in [-0.05, 0) is 12.8 Å². The first kappa shape index (κ1) is 14.6. The van der Waals surface area contributed by atoms with Gasteiger partial charge in [0, 0.05) is 18.4 Å². The van der Waals surface area contributed by atoms with Gasteiger partial charge >= 0.3 is 6.03 Å². The molecule has 4 N–H and O–H groups in total. The van der Waals surface area contributed by atoms with E-state index < -0.39 is 6.03 Å². The minimum absolute atomic E-state index is 0.0704. The maximum Gasteiger partial charge on any atom is 0.321 e. The Labute approximate surface area is 121 Å². The van der Waals surface area contributed by atoms with Gasteiger partial charge < -0.3 is 11.1 Å². The predicted molar refractivity (Wildman–Crippen MR) is 76.1 cm³/mol. The van der Waals surface area contributed by atoms with E-state index in [1.807, 2.05) is 0 Å². The number of amides is 3. The quantitative estimate of drug-likeness (QED) is 0.712. The zero-order chi connectivity index (χ0) is 14.4. The predicted octanol–water partition coefficient (Wildman–Crippen LogP) is 0.919. The summed E-state index contributed by atoms with van der Waals surface area (Å²) in [5.41, 5.74) is 5.61. The zero-order valence-electron chi connectivity index (χ0n) is 11.0. The summed E-state index contributed by atoms with van der Waals surface area (Å²) in [7, 11) is 0. The number of anilines is 1. The molecule has 1 fully saturated rings. The molecule has 108 valence electrons. The minimum Gasteiger partial charge on any atom is -0.381 e. The largest absolute Gasteiger partial charge is 0.381 e. The fraction of sp³-hybridized carbons (Fsp3) is 0.500. The van der Waals surface area contributed by atoms with Gasteiger partial charge in [0.25, 0.3) is 0 Å². The second kappa shape index (κ2) is 7.09. The number of urea groups is 1. The third kappa shape index (κ3) is 4.37. The number of hydrogen-bond acceptors (Lipinski definition) is 6. The molecule has 0 bridgehead atoms. The number of carbonyl (C=O) groups excluding carboxylic acids is 2. The number of nitrogen functional groups attached to an aromatic ring is 1. The Hall–Kier alpha value is -1.83. The lowest BCUT2D eigenvalue weighted by Gasteiger charge is -2.12. The van der Waals surface area contributed by atoms with Crippen LogP contribution in [0.2, 0.25) is 0 Å². The Morgan fingerprint density at radius 3 is 2.70 bits per heavy atom. The molecule has 0 saturated heterocycles. The summed E-state index contributed by atoms with van der Waals surface area (Å²) in [6.07, 6.45) is 7.19. The number of rotatable bonds is 4. The molecule has 1 saturated carbocycles. The zero-order valence-corrected chi connectivity index (χ0v) is 11.8. The molecule has 3 amide bonds. The highest BCUT2D eigenvalue weighted by atomic mass is 32.2. The lowest BCUT2D eigenvalue weighted by molar-refractivity contribution is -0.117. The van der Waals surface area contributed by atoms with E-state index in [0.717, 1.165) is 37.4 Å². The Kier molecular flexibility index (Phi) is 5.16. The lowest BCUT2D eigenvalue weighted by atomic mass is 10.2. The van der Waals surface area contributed by atoms with E-state index in [1.165, 1.54) is 12.4 Å². The fourth-order valence-electron chi connectivity index (χ4n) is 2.04. The van der Waals surface area contributed by atoms with Gasteiger partial charge in [-0.25, -0.2) is 14.8 Å². The standard InChI is InChI=1S/C12H17N5O2S/c13-10-11(15-6-5-14-10)20-7-9(18)17-12(19)16-8-3-1-2-4-8/h5-6,8H,1-4,7H2,(H2,13,14)(H2,16,17,18,19). The molecule has 1 aliphatic carbocycles. The summed E-state index contributed by atoms with van der Waals surface area (Å²) >= 11 is 1.15. The third-order valence-corrected chi connectivity index (χ3v) is 3.97. The first-order chi connectivity index (χ1) is 9.65. The summed E-state index contributed by atoms with van der Waals surface area (Å²) in [6.45, 7) is 0. The average molecular weight is 295 g/mol. The number of carbonyl (C=O) groups is 2. The maximum atomic E-state index is 11.6. The highest BCUT2D eigenvalue weighted by Gasteiger charge is 2.18. The van der Waals surface area contributed by atoms with E-state index in [2.05, 4.69) is 20.6 Å². The van der Waals surface area contributed by atoms with Gasteiger partial charge in [0.1, 0.15) is 5.03 Å². The van der Waals surface area contributed by atoms with Gasteiger partial charge in [-0.1, -0.05) is 24.6 Å². The van der Waals surface area contributed by atoms with Crippen LogP contribution in [0.4, 0.5) is 10.6 Å². The topological polar surface area (TPSA) is 110 Å². The molecule has 8 heteroatoms. The first-order valence-electron chi connectivity index (χ1n) is 6.45. The molecule has 1 aromatic heterocycles. The van der Waals surface area contributed by atoms with Gasteiger partial charge in [-0.2, -0.15) is 0 Å². The molecule has 0 spiro atoms. The van der Waals surface area contributed by atoms with Crippen molar-refractivity contribution in [2.45, 2.75) is 36.8 Å². The van der Waals surface area contributed by atoms with Crippen molar-refractivity contribution in [3.05, 3.63) is 12.4 Å². The van der Waals surface area contributed by atoms with Crippen molar-refractivity contribution in [1.29, 1.82) is 0 Å². The molecule has 0 aromatic carbocycles. The van der Waals surface area contributed by atoms with Crippen molar-refractivity contribution in [1.82, 2.24) is 20.6 Å². The maximum absolute atomic E-state index is 11.6. The molecule has 20 heavy (non-hydrogen) atoms. The van der Waals surface area contributed by atoms with Crippen LogP contribution in [0.15, 0.2) is 17.4 Å². The molecular formula is C12H17N5O2S. The normalized spacial score (nSPS) is 15.0. The van der Waals surface area contributed by atoms with Crippen LogP contribution in [0.1, 0.15) is 25.7 Å². The van der Waals surface area contributed by atoms with Crippen molar-refractivity contribution >= 4 is 29.5 Å². The van der Waals surface area contributed by atoms with E-state index in [4.69, 9.17) is 5.73 Å². The summed E-state index contributed by atoms with van der Waals surface area (Å²) in [4.78, 5) is 31.1. The fourth-order valence-corrected chi connectivity index (χ4v) is 2.71. The number of hydrogen-bond donors (Lipinski definition) is 3. The van der Waals surface area contributed by atoms with Crippen molar-refractivity contribution in [3.63, 3.8) is 0 Å². The second-order valence-corrected chi connectivity index (χ2v) is 5.50. The van der Waals surface area contributed by atoms with Crippen LogP contribution in [-0.4, -0.2) is 33.7 Å². The molecule has 1 aromatic rings. The summed E-state index contributed by atoms with van der Waals surface area (Å²) in [5, 5.41) is 5.57. The number of thioether (sulfide) groups is 1. The van der Waals surface area contributed by atoms with Crippen LogP contribution < -0.4 is 16.4 Å². The number of imide groups is 1. The van der Waals surface area contributed by atoms with Gasteiger partial charge in [0.15, 0.2) is 5.82 Å². The third-order valence-electron chi connectivity index (χ3n) is 2.97. The van der Waals surface area contributed by atoms with Crippen molar-refractivity contribution in [2.75, 3.05) is 11.5 Å². The van der Waals surface area contributed by atoms with Gasteiger partial charge in [0.2, 0.25) is 5.91 Å². The van der Waals surface area contributed by atoms with Crippen LogP contribution in [-0.2, 0) is 4.79 Å². The van der Waals surface area contributed by atoms with E-state index in [1.54, 1.807) is 0 Å². The Morgan fingerprint density at radius 1 is 1.30 bits per heavy atom. The summed E-state index contributed by atoms with van der Waals surface area (Å²) < 4.78 is 0. The van der Waals surface area contributed by atoms with Crippen LogP contribution >= 0.6 is 11.8 Å². The molecule has 0 atom stereocenters. The van der Waals surface area contributed by atoms with Gasteiger partial charge in [-0.15, -0.1) is 0 Å². The van der Waals surface area contributed by atoms with Crippen molar-refractivity contribution in [3.8, 4) is 0 Å². The second-order valence-electron chi connectivity index (χ2n) is 4.54. The van der Waals surface area contributed by atoms with E-state index in [-0.39, 0.29) is 23.5 Å². The highest BCUT2D eigenvalue weighted by molar-refractivity contribution is 8.00. The van der Waals surface area contributed by atoms with E-state index >= 15 is 0 Å². The first-order valence-corrected chi connectivity index (χ1v) is 7.43. The molecule has 0 radical (unpaired) electrons. The molecule has 1 aliphatic rings. The monoisotopic (exact) mass is 295 g/mol. The van der Waals surface area contributed by atoms with Crippen LogP contribution in [0.5, 0.6) is 0 Å². The van der Waals surface area contributed by atoms with Crippen LogP contribution in [0.25, 0.3) is 0 Å². The molecule has 2 rings (SSSR count). The highest BCUT2D eigenvalue weighted by Crippen LogP contribution is 2.19. The van der Waals surface area contributed by atoms with E-state index in [0.29, 0.717) is 5.03 Å². The Bertz CT molecular complexity index is 490. The van der Waals surface area contributed by atoms with Crippen LogP contribution in [0.3, 0.4) is 0 Å². The minimum atomic E-state index is -0.436. The average Bonchev–Trinajstić information content (AvgIpc) is 2.90. The van der Waals surface area contributed by atoms with Gasteiger partial charge in [0.05, 0.1) is 5.75 Å².